The molecule has 1 fully saturated rings. The summed E-state index contributed by atoms with van der Waals surface area (Å²) < 4.78 is 63.0. The maximum atomic E-state index is 12.6. The summed E-state index contributed by atoms with van der Waals surface area (Å²) in [4.78, 5) is 40.7. The Bertz CT molecular complexity index is 2180. The van der Waals surface area contributed by atoms with Crippen LogP contribution in [-0.4, -0.2) is 62.6 Å². The molecule has 1 N–H and O–H groups in total. The Balaban J connectivity index is 1.31. The maximum Gasteiger partial charge on any atom is 0.333 e. The number of fused-ring (bicyclic) bond motifs is 2. The molecule has 2 amide bonds. The van der Waals surface area contributed by atoms with Gasteiger partial charge in [0.2, 0.25) is 15.5 Å². The van der Waals surface area contributed by atoms with Gasteiger partial charge in [-0.15, -0.1) is 5.06 Å². The highest BCUT2D eigenvalue weighted by molar-refractivity contribution is 7.89. The van der Waals surface area contributed by atoms with Crippen LogP contribution in [0.5, 0.6) is 0 Å². The summed E-state index contributed by atoms with van der Waals surface area (Å²) in [7, 11) is -3.03. The molecule has 51 heavy (non-hydrogen) atoms. The molecule has 0 bridgehead atoms. The number of benzene rings is 2. The standard InChI is InChI=1S/C36H41N3O9S3/c1-36(2)28(13-9-7-10-14-34-38(5)30-19-17-24(23-31(30)49-34)50(43,44)37(3)4)26(27-18-16-25(22-29(27)36)51(45,46)47)12-8-6-11-15-35(42)48-39-32(40)20-21-33(39)41/h7,9-10,13-14,16-19,22-23,26H,6,8,11-12,15,20-21H2,1-5H3/p+1/b9-7+,14-10+,28-13-. The molecule has 0 saturated carbocycles. The number of aromatic nitrogens is 1. The summed E-state index contributed by atoms with van der Waals surface area (Å²) >= 11 is 1.48. The highest BCUT2D eigenvalue weighted by Gasteiger charge is 2.41. The smallest absolute Gasteiger partial charge is 0.330 e. The number of sulfonamides is 1. The molecule has 1 saturated heterocycles. The molecule has 272 valence electrons. The normalized spacial score (nSPS) is 18.7. The van der Waals surface area contributed by atoms with Gasteiger partial charge in [-0.2, -0.15) is 13.0 Å². The van der Waals surface area contributed by atoms with Crippen molar-refractivity contribution in [3.63, 3.8) is 0 Å². The molecule has 1 aromatic heterocycles. The van der Waals surface area contributed by atoms with E-state index in [1.54, 1.807) is 24.3 Å². The van der Waals surface area contributed by atoms with Gasteiger partial charge in [0, 0.05) is 56.8 Å². The van der Waals surface area contributed by atoms with Gasteiger partial charge >= 0.3 is 5.97 Å². The summed E-state index contributed by atoms with van der Waals surface area (Å²) in [6.07, 6.45) is 12.5. The van der Waals surface area contributed by atoms with E-state index in [2.05, 4.69) is 0 Å². The van der Waals surface area contributed by atoms with Crippen LogP contribution < -0.4 is 4.57 Å². The molecule has 1 unspecified atom stereocenters. The Kier molecular flexibility index (Phi) is 11.2. The summed E-state index contributed by atoms with van der Waals surface area (Å²) in [5.74, 6) is -1.70. The second-order valence-electron chi connectivity index (χ2n) is 13.3. The molecule has 15 heteroatoms. The van der Waals surface area contributed by atoms with Crippen molar-refractivity contribution in [2.75, 3.05) is 14.1 Å². The zero-order valence-corrected chi connectivity index (χ0v) is 31.6. The van der Waals surface area contributed by atoms with Gasteiger partial charge in [-0.05, 0) is 48.2 Å². The topological polar surface area (TPSA) is 159 Å². The lowest BCUT2D eigenvalue weighted by atomic mass is 9.80. The van der Waals surface area contributed by atoms with Gasteiger partial charge in [-0.1, -0.05) is 74.0 Å². The third-order valence-corrected chi connectivity index (χ3v) is 13.2. The molecule has 12 nitrogen and oxygen atoms in total. The van der Waals surface area contributed by atoms with Crippen LogP contribution in [0, 0.1) is 0 Å². The minimum absolute atomic E-state index is 0.0388. The molecule has 1 aliphatic carbocycles. The monoisotopic (exact) mass is 756 g/mol. The SMILES string of the molecule is CN(C)S(=O)(=O)c1ccc2c(c1)sc(/C=C/C=C/C=C1/C(CCCCCC(=O)ON3C(=O)CCC3=O)c3ccc(S(=O)(=O)O)cc3C1(C)C)[n+]2C. The zero-order chi connectivity index (χ0) is 37.3. The van der Waals surface area contributed by atoms with E-state index in [0.29, 0.717) is 17.9 Å². The van der Waals surface area contributed by atoms with Gasteiger partial charge in [-0.3, -0.25) is 14.1 Å². The van der Waals surface area contributed by atoms with E-state index in [-0.39, 0.29) is 35.0 Å². The van der Waals surface area contributed by atoms with Crippen molar-refractivity contribution < 1.29 is 45.2 Å². The van der Waals surface area contributed by atoms with E-state index in [4.69, 9.17) is 4.84 Å². The van der Waals surface area contributed by atoms with Crippen LogP contribution in [0.4, 0.5) is 0 Å². The molecule has 0 spiro atoms. The molecule has 2 aliphatic rings. The third-order valence-electron chi connectivity index (χ3n) is 9.39. The van der Waals surface area contributed by atoms with Crippen LogP contribution in [0.15, 0.2) is 76.1 Å². The minimum Gasteiger partial charge on any atom is -0.330 e. The predicted octanol–water partition coefficient (Wildman–Crippen LogP) is 5.35. The van der Waals surface area contributed by atoms with Crippen molar-refractivity contribution in [1.29, 1.82) is 0 Å². The first-order valence-electron chi connectivity index (χ1n) is 16.5. The molecular formula is C36H42N3O9S3+. The first kappa shape index (κ1) is 38.2. The molecule has 2 heterocycles. The average Bonchev–Trinajstić information content (AvgIpc) is 3.63. The van der Waals surface area contributed by atoms with Gasteiger partial charge in [0.25, 0.3) is 26.9 Å². The summed E-state index contributed by atoms with van der Waals surface area (Å²) in [6.45, 7) is 4.04. The number of rotatable bonds is 13. The third kappa shape index (κ3) is 8.07. The maximum absolute atomic E-state index is 12.6. The fourth-order valence-corrected chi connectivity index (χ4v) is 9.18. The lowest BCUT2D eigenvalue weighted by Gasteiger charge is -2.24. The Morgan fingerprint density at radius 3 is 2.35 bits per heavy atom. The van der Waals surface area contributed by atoms with Crippen LogP contribution >= 0.6 is 11.3 Å². The van der Waals surface area contributed by atoms with Crippen molar-refractivity contribution >= 4 is 65.6 Å². The molecule has 1 aliphatic heterocycles. The largest absolute Gasteiger partial charge is 0.333 e. The first-order chi connectivity index (χ1) is 23.9. The fraction of sp³-hybridized carbons (Fsp3) is 0.389. The summed E-state index contributed by atoms with van der Waals surface area (Å²) in [5, 5.41) is 1.48. The van der Waals surface area contributed by atoms with Gasteiger partial charge in [0.15, 0.2) is 0 Å². The van der Waals surface area contributed by atoms with Gasteiger partial charge in [0.1, 0.15) is 11.7 Å². The van der Waals surface area contributed by atoms with Crippen molar-refractivity contribution in [3.8, 4) is 0 Å². The number of thiazole rings is 1. The van der Waals surface area contributed by atoms with Gasteiger partial charge in [-0.25, -0.2) is 17.5 Å². The number of hydrogen-bond donors (Lipinski definition) is 1. The Labute approximate surface area is 302 Å². The van der Waals surface area contributed by atoms with Crippen molar-refractivity contribution in [3.05, 3.63) is 82.4 Å². The minimum atomic E-state index is -4.40. The number of aryl methyl sites for hydroxylation is 1. The molecule has 3 aromatic rings. The average molecular weight is 757 g/mol. The highest BCUT2D eigenvalue weighted by Crippen LogP contribution is 2.52. The highest BCUT2D eigenvalue weighted by atomic mass is 32.2. The van der Waals surface area contributed by atoms with E-state index >= 15 is 0 Å². The number of hydroxylamine groups is 2. The van der Waals surface area contributed by atoms with Crippen molar-refractivity contribution in [1.82, 2.24) is 9.37 Å². The van der Waals surface area contributed by atoms with E-state index in [9.17, 15) is 35.8 Å². The van der Waals surface area contributed by atoms with E-state index in [0.717, 1.165) is 44.8 Å². The Morgan fingerprint density at radius 1 is 1.00 bits per heavy atom. The van der Waals surface area contributed by atoms with Crippen LogP contribution in [-0.2, 0) is 51.8 Å². The lowest BCUT2D eigenvalue weighted by molar-refractivity contribution is -0.642. The van der Waals surface area contributed by atoms with Crippen LogP contribution in [0.25, 0.3) is 16.3 Å². The molecule has 5 rings (SSSR count). The van der Waals surface area contributed by atoms with Gasteiger partial charge in [0.05, 0.1) is 9.79 Å². The second kappa shape index (κ2) is 14.9. The number of carbonyl (C=O) groups excluding carboxylic acids is 3. The second-order valence-corrected chi connectivity index (χ2v) is 18.0. The number of unbranched alkanes of at least 4 members (excludes halogenated alkanes) is 2. The summed E-state index contributed by atoms with van der Waals surface area (Å²) in [6, 6.07) is 9.81. The van der Waals surface area contributed by atoms with Crippen LogP contribution in [0.1, 0.15) is 80.8 Å². The quantitative estimate of drug-likeness (QED) is 0.0798. The van der Waals surface area contributed by atoms with E-state index in [1.807, 2.05) is 55.8 Å². The Hall–Kier alpha value is -4.02. The molecule has 1 atom stereocenters. The number of allylic oxidation sites excluding steroid dienone is 5. The number of imide groups is 1. The van der Waals surface area contributed by atoms with Crippen LogP contribution in [0.3, 0.4) is 0 Å². The van der Waals surface area contributed by atoms with Crippen molar-refractivity contribution in [2.45, 2.75) is 79.9 Å². The van der Waals surface area contributed by atoms with E-state index < -0.39 is 43.3 Å². The fourth-order valence-electron chi connectivity index (χ4n) is 6.57. The summed E-state index contributed by atoms with van der Waals surface area (Å²) in [5.41, 5.74) is 3.22. The number of carbonyl (C=O) groups is 3. The predicted molar refractivity (Wildman–Crippen MR) is 192 cm³/mol. The molecule has 2 aromatic carbocycles. The number of hydrogen-bond acceptors (Lipinski definition) is 9. The van der Waals surface area contributed by atoms with Crippen molar-refractivity contribution in [2.24, 2.45) is 7.05 Å². The Morgan fingerprint density at radius 2 is 1.69 bits per heavy atom. The number of amides is 2. The van der Waals surface area contributed by atoms with Gasteiger partial charge < -0.3 is 4.84 Å². The lowest BCUT2D eigenvalue weighted by Crippen LogP contribution is -2.31. The number of nitrogens with zero attached hydrogens (tertiary/aromatic N) is 3. The first-order valence-corrected chi connectivity index (χ1v) is 20.2. The molecule has 0 radical (unpaired) electrons. The molecular weight excluding hydrogens is 715 g/mol. The zero-order valence-electron chi connectivity index (χ0n) is 29.2. The van der Waals surface area contributed by atoms with Crippen LogP contribution in [0.2, 0.25) is 0 Å². The van der Waals surface area contributed by atoms with E-state index in [1.165, 1.54) is 41.9 Å².